The van der Waals surface area contributed by atoms with Crippen LogP contribution in [0.1, 0.15) is 5.56 Å². The van der Waals surface area contributed by atoms with Crippen LogP contribution in [0.2, 0.25) is 5.02 Å². The van der Waals surface area contributed by atoms with E-state index in [1.807, 2.05) is 0 Å². The molecular formula is C21H15BrClF3N2O4S. The summed E-state index contributed by atoms with van der Waals surface area (Å²) >= 11 is 9.39. The van der Waals surface area contributed by atoms with Crippen LogP contribution in [0.4, 0.5) is 24.5 Å². The minimum Gasteiger partial charge on any atom is -0.482 e. The van der Waals surface area contributed by atoms with Crippen LogP contribution in [0.5, 0.6) is 5.75 Å². The van der Waals surface area contributed by atoms with Gasteiger partial charge < -0.3 is 10.1 Å². The van der Waals surface area contributed by atoms with Crippen molar-refractivity contribution >= 4 is 54.8 Å². The number of carbonyl (C=O) groups excluding carboxylic acids is 1. The molecule has 12 heteroatoms. The standard InChI is InChI=1S/C21H15BrClF3N2O4S/c22-16-6-1-2-7-18(16)27-20(29)12-32-19-9-8-15(11-17(19)23)33(30,31)28-14-5-3-4-13(10-14)21(24,25)26/h1-11,28H,12H2,(H,27,29). The molecule has 0 aromatic heterocycles. The minimum absolute atomic E-state index is 0.0527. The van der Waals surface area contributed by atoms with Gasteiger partial charge in [0, 0.05) is 10.2 Å². The molecule has 0 fully saturated rings. The van der Waals surface area contributed by atoms with Crippen molar-refractivity contribution in [2.24, 2.45) is 0 Å². The van der Waals surface area contributed by atoms with E-state index in [1.54, 1.807) is 24.3 Å². The van der Waals surface area contributed by atoms with Crippen LogP contribution in [0.15, 0.2) is 76.1 Å². The van der Waals surface area contributed by atoms with Gasteiger partial charge in [0.05, 0.1) is 21.2 Å². The van der Waals surface area contributed by atoms with Gasteiger partial charge >= 0.3 is 6.18 Å². The van der Waals surface area contributed by atoms with Gasteiger partial charge in [0.1, 0.15) is 5.75 Å². The summed E-state index contributed by atoms with van der Waals surface area (Å²) in [7, 11) is -4.23. The van der Waals surface area contributed by atoms with Crippen LogP contribution < -0.4 is 14.8 Å². The molecule has 0 radical (unpaired) electrons. The number of benzene rings is 3. The van der Waals surface area contributed by atoms with Crippen molar-refractivity contribution in [2.75, 3.05) is 16.6 Å². The number of carbonyl (C=O) groups is 1. The Labute approximate surface area is 200 Å². The summed E-state index contributed by atoms with van der Waals surface area (Å²) in [4.78, 5) is 11.8. The first-order valence-electron chi connectivity index (χ1n) is 9.12. The van der Waals surface area contributed by atoms with E-state index in [-0.39, 0.29) is 21.4 Å². The Hall–Kier alpha value is -2.76. The lowest BCUT2D eigenvalue weighted by Crippen LogP contribution is -2.20. The van der Waals surface area contributed by atoms with Crippen LogP contribution in [-0.2, 0) is 21.0 Å². The molecule has 6 nitrogen and oxygen atoms in total. The van der Waals surface area contributed by atoms with Crippen LogP contribution in [-0.4, -0.2) is 20.9 Å². The Balaban J connectivity index is 1.68. The molecule has 0 aliphatic rings. The zero-order chi connectivity index (χ0) is 24.2. The normalized spacial score (nSPS) is 11.7. The Kier molecular flexibility index (Phi) is 7.55. The lowest BCUT2D eigenvalue weighted by atomic mass is 10.2. The molecule has 1 amide bonds. The molecule has 0 saturated heterocycles. The molecule has 0 aliphatic carbocycles. The molecule has 0 bridgehead atoms. The van der Waals surface area contributed by atoms with E-state index in [0.29, 0.717) is 16.2 Å². The van der Waals surface area contributed by atoms with Crippen molar-refractivity contribution in [3.8, 4) is 5.75 Å². The molecule has 174 valence electrons. The summed E-state index contributed by atoms with van der Waals surface area (Å²) in [6.07, 6.45) is -4.62. The summed E-state index contributed by atoms with van der Waals surface area (Å²) in [6, 6.07) is 14.2. The van der Waals surface area contributed by atoms with E-state index in [2.05, 4.69) is 26.0 Å². The van der Waals surface area contributed by atoms with Gasteiger partial charge in [-0.3, -0.25) is 9.52 Å². The fraction of sp³-hybridized carbons (Fsp3) is 0.0952. The number of amides is 1. The van der Waals surface area contributed by atoms with Crippen LogP contribution in [0.25, 0.3) is 0 Å². The third kappa shape index (κ3) is 6.62. The van der Waals surface area contributed by atoms with E-state index in [9.17, 15) is 26.4 Å². The van der Waals surface area contributed by atoms with Gasteiger partial charge in [-0.15, -0.1) is 0 Å². The second kappa shape index (κ2) is 10.0. The van der Waals surface area contributed by atoms with Gasteiger partial charge in [-0.25, -0.2) is 8.42 Å². The second-order valence-electron chi connectivity index (χ2n) is 6.59. The maximum atomic E-state index is 12.9. The molecule has 33 heavy (non-hydrogen) atoms. The Morgan fingerprint density at radius 1 is 1.03 bits per heavy atom. The Bertz CT molecular complexity index is 1290. The topological polar surface area (TPSA) is 84.5 Å². The van der Waals surface area contributed by atoms with Gasteiger partial charge in [-0.1, -0.05) is 29.8 Å². The number of alkyl halides is 3. The van der Waals surface area contributed by atoms with Crippen LogP contribution in [0, 0.1) is 0 Å². The number of ether oxygens (including phenoxy) is 1. The predicted octanol–water partition coefficient (Wildman–Crippen LogP) is 5.94. The van der Waals surface area contributed by atoms with E-state index < -0.39 is 34.3 Å². The van der Waals surface area contributed by atoms with Crippen molar-refractivity contribution in [1.29, 1.82) is 0 Å². The zero-order valence-electron chi connectivity index (χ0n) is 16.5. The predicted molar refractivity (Wildman–Crippen MR) is 122 cm³/mol. The fourth-order valence-corrected chi connectivity index (χ4v) is 4.39. The summed E-state index contributed by atoms with van der Waals surface area (Å²) in [5, 5.41) is 2.54. The SMILES string of the molecule is O=C(COc1ccc(S(=O)(=O)Nc2cccc(C(F)(F)F)c2)cc1Cl)Nc1ccccc1Br. The van der Waals surface area contributed by atoms with Gasteiger partial charge in [0.25, 0.3) is 15.9 Å². The van der Waals surface area contributed by atoms with E-state index in [1.165, 1.54) is 12.1 Å². The largest absolute Gasteiger partial charge is 0.482 e. The van der Waals surface area contributed by atoms with Gasteiger partial charge in [-0.05, 0) is 64.5 Å². The Morgan fingerprint density at radius 2 is 1.76 bits per heavy atom. The zero-order valence-corrected chi connectivity index (χ0v) is 19.6. The number of para-hydroxylation sites is 1. The average molecular weight is 564 g/mol. The van der Waals surface area contributed by atoms with Crippen LogP contribution >= 0.6 is 27.5 Å². The molecule has 0 atom stereocenters. The molecule has 3 aromatic carbocycles. The number of halogens is 5. The third-order valence-electron chi connectivity index (χ3n) is 4.16. The monoisotopic (exact) mass is 562 g/mol. The number of nitrogens with one attached hydrogen (secondary N) is 2. The molecule has 0 aliphatic heterocycles. The highest BCUT2D eigenvalue weighted by Gasteiger charge is 2.30. The maximum Gasteiger partial charge on any atom is 0.416 e. The van der Waals surface area contributed by atoms with Crippen molar-refractivity contribution in [2.45, 2.75) is 11.1 Å². The lowest BCUT2D eigenvalue weighted by Gasteiger charge is -2.13. The van der Waals surface area contributed by atoms with Gasteiger partial charge in [0.15, 0.2) is 6.61 Å². The minimum atomic E-state index is -4.62. The summed E-state index contributed by atoms with van der Waals surface area (Å²) in [6.45, 7) is -0.393. The average Bonchev–Trinajstić information content (AvgIpc) is 2.74. The molecule has 2 N–H and O–H groups in total. The molecule has 0 spiro atoms. The number of anilines is 2. The quantitative estimate of drug-likeness (QED) is 0.373. The van der Waals surface area contributed by atoms with Gasteiger partial charge in [-0.2, -0.15) is 13.2 Å². The van der Waals surface area contributed by atoms with Crippen molar-refractivity contribution in [1.82, 2.24) is 0 Å². The Morgan fingerprint density at radius 3 is 2.42 bits per heavy atom. The fourth-order valence-electron chi connectivity index (χ4n) is 2.63. The summed E-state index contributed by atoms with van der Waals surface area (Å²) in [5.41, 5.74) is -0.713. The molecule has 3 rings (SSSR count). The van der Waals surface area contributed by atoms with Crippen LogP contribution in [0.3, 0.4) is 0 Å². The van der Waals surface area contributed by atoms with Crippen molar-refractivity contribution in [3.63, 3.8) is 0 Å². The maximum absolute atomic E-state index is 12.9. The number of hydrogen-bond donors (Lipinski definition) is 2. The molecule has 0 heterocycles. The second-order valence-corrected chi connectivity index (χ2v) is 9.54. The third-order valence-corrected chi connectivity index (χ3v) is 6.53. The van der Waals surface area contributed by atoms with Gasteiger partial charge in [0.2, 0.25) is 0 Å². The lowest BCUT2D eigenvalue weighted by molar-refractivity contribution is -0.137. The first-order chi connectivity index (χ1) is 15.5. The highest BCUT2D eigenvalue weighted by Crippen LogP contribution is 2.32. The van der Waals surface area contributed by atoms with Crippen molar-refractivity contribution < 1.29 is 31.1 Å². The van der Waals surface area contributed by atoms with E-state index in [0.717, 1.165) is 24.3 Å². The smallest absolute Gasteiger partial charge is 0.416 e. The number of sulfonamides is 1. The molecule has 0 saturated carbocycles. The highest BCUT2D eigenvalue weighted by molar-refractivity contribution is 9.10. The molecule has 3 aromatic rings. The van der Waals surface area contributed by atoms with Crippen molar-refractivity contribution in [3.05, 3.63) is 81.8 Å². The highest BCUT2D eigenvalue weighted by atomic mass is 79.9. The first kappa shape index (κ1) is 24.9. The molecule has 0 unspecified atom stereocenters. The van der Waals surface area contributed by atoms with E-state index >= 15 is 0 Å². The summed E-state index contributed by atoms with van der Waals surface area (Å²) < 4.78 is 71.8. The van der Waals surface area contributed by atoms with E-state index in [4.69, 9.17) is 16.3 Å². The number of rotatable bonds is 7. The first-order valence-corrected chi connectivity index (χ1v) is 11.8. The molecular weight excluding hydrogens is 549 g/mol. The number of hydrogen-bond acceptors (Lipinski definition) is 4. The summed E-state index contributed by atoms with van der Waals surface area (Å²) in [5.74, 6) is -0.419.